The lowest BCUT2D eigenvalue weighted by Gasteiger charge is -2.39. The van der Waals surface area contributed by atoms with Crippen molar-refractivity contribution in [2.75, 3.05) is 26.8 Å². The first-order valence-corrected chi connectivity index (χ1v) is 8.81. The Morgan fingerprint density at radius 1 is 1.21 bits per heavy atom. The number of nitrogens with zero attached hydrogens (tertiary/aromatic N) is 3. The van der Waals surface area contributed by atoms with E-state index in [0.29, 0.717) is 0 Å². The minimum absolute atomic E-state index is 0.262. The van der Waals surface area contributed by atoms with Crippen molar-refractivity contribution >= 4 is 6.08 Å². The minimum atomic E-state index is 0.262. The van der Waals surface area contributed by atoms with Gasteiger partial charge < -0.3 is 9.30 Å². The molecule has 1 aromatic carbocycles. The Kier molecular flexibility index (Phi) is 4.25. The highest BCUT2D eigenvalue weighted by Crippen LogP contribution is 2.43. The number of fused-ring (bicyclic) bond motifs is 2. The highest BCUT2D eigenvalue weighted by molar-refractivity contribution is 5.65. The van der Waals surface area contributed by atoms with Crippen LogP contribution in [0.3, 0.4) is 0 Å². The van der Waals surface area contributed by atoms with Gasteiger partial charge in [0.1, 0.15) is 5.82 Å². The first-order chi connectivity index (χ1) is 11.8. The summed E-state index contributed by atoms with van der Waals surface area (Å²) in [5.74, 6) is 1.14. The molecule has 0 amide bonds. The molecule has 0 bridgehead atoms. The summed E-state index contributed by atoms with van der Waals surface area (Å²) in [5, 5.41) is 0. The zero-order valence-electron chi connectivity index (χ0n) is 14.3. The Hall–Kier alpha value is -1.91. The predicted octanol–water partition coefficient (Wildman–Crippen LogP) is 3.09. The number of methoxy groups -OCH3 is 1. The van der Waals surface area contributed by atoms with Crippen LogP contribution >= 0.6 is 0 Å². The van der Waals surface area contributed by atoms with Crippen molar-refractivity contribution < 1.29 is 4.74 Å². The molecule has 4 nitrogen and oxygen atoms in total. The van der Waals surface area contributed by atoms with Crippen LogP contribution in [0.1, 0.15) is 29.8 Å². The van der Waals surface area contributed by atoms with Crippen molar-refractivity contribution in [3.8, 4) is 0 Å². The van der Waals surface area contributed by atoms with Crippen molar-refractivity contribution in [2.45, 2.75) is 31.3 Å². The number of allylic oxidation sites excluding steroid dienone is 1. The summed E-state index contributed by atoms with van der Waals surface area (Å²) in [6, 6.07) is 8.85. The molecule has 0 radical (unpaired) electrons. The van der Waals surface area contributed by atoms with Gasteiger partial charge in [0, 0.05) is 31.5 Å². The predicted molar refractivity (Wildman–Crippen MR) is 95.8 cm³/mol. The van der Waals surface area contributed by atoms with Crippen molar-refractivity contribution in [1.82, 2.24) is 14.5 Å². The van der Waals surface area contributed by atoms with Gasteiger partial charge in [0.25, 0.3) is 0 Å². The van der Waals surface area contributed by atoms with E-state index in [0.717, 1.165) is 38.6 Å². The number of aromatic nitrogens is 2. The number of benzene rings is 1. The SMILES string of the molecule is COCCn1ccnc1CN1CCC2(C=Cc3ccccc32)CC1. The maximum Gasteiger partial charge on any atom is 0.122 e. The zero-order chi connectivity index (χ0) is 16.4. The molecule has 1 aliphatic heterocycles. The largest absolute Gasteiger partial charge is 0.383 e. The average Bonchev–Trinajstić information content (AvgIpc) is 3.21. The fraction of sp³-hybridized carbons (Fsp3) is 0.450. The van der Waals surface area contributed by atoms with E-state index in [-0.39, 0.29) is 5.41 Å². The summed E-state index contributed by atoms with van der Waals surface area (Å²) in [6.07, 6.45) is 11.1. The lowest BCUT2D eigenvalue weighted by atomic mass is 9.74. The molecule has 4 heteroatoms. The van der Waals surface area contributed by atoms with E-state index in [9.17, 15) is 0 Å². The molecule has 1 saturated heterocycles. The summed E-state index contributed by atoms with van der Waals surface area (Å²) >= 11 is 0. The number of ether oxygens (including phenoxy) is 1. The third-order valence-corrected chi connectivity index (χ3v) is 5.53. The van der Waals surface area contributed by atoms with Crippen LogP contribution in [-0.2, 0) is 23.2 Å². The van der Waals surface area contributed by atoms with E-state index >= 15 is 0 Å². The Balaban J connectivity index is 1.41. The lowest BCUT2D eigenvalue weighted by molar-refractivity contribution is 0.165. The Morgan fingerprint density at radius 2 is 2.04 bits per heavy atom. The molecule has 2 heterocycles. The second-order valence-electron chi connectivity index (χ2n) is 6.88. The number of hydrogen-bond acceptors (Lipinski definition) is 3. The van der Waals surface area contributed by atoms with Gasteiger partial charge >= 0.3 is 0 Å². The van der Waals surface area contributed by atoms with E-state index in [2.05, 4.69) is 57.1 Å². The van der Waals surface area contributed by atoms with E-state index in [4.69, 9.17) is 4.74 Å². The third kappa shape index (κ3) is 2.80. The van der Waals surface area contributed by atoms with Crippen LogP contribution in [-0.4, -0.2) is 41.3 Å². The summed E-state index contributed by atoms with van der Waals surface area (Å²) in [5.41, 5.74) is 3.19. The number of likely N-dealkylation sites (tertiary alicyclic amines) is 1. The van der Waals surface area contributed by atoms with Gasteiger partial charge in [-0.3, -0.25) is 4.90 Å². The summed E-state index contributed by atoms with van der Waals surface area (Å²) < 4.78 is 7.39. The van der Waals surface area contributed by atoms with Crippen LogP contribution in [0.15, 0.2) is 42.7 Å². The van der Waals surface area contributed by atoms with Crippen LogP contribution in [0.5, 0.6) is 0 Å². The normalized spacial score (nSPS) is 19.0. The second-order valence-corrected chi connectivity index (χ2v) is 6.88. The van der Waals surface area contributed by atoms with Gasteiger partial charge in [0.15, 0.2) is 0 Å². The quantitative estimate of drug-likeness (QED) is 0.847. The number of piperidine rings is 1. The molecule has 4 rings (SSSR count). The molecule has 0 atom stereocenters. The molecule has 2 aromatic rings. The van der Waals surface area contributed by atoms with Gasteiger partial charge in [-0.1, -0.05) is 36.4 Å². The molecule has 1 aromatic heterocycles. The van der Waals surface area contributed by atoms with Gasteiger partial charge in [-0.25, -0.2) is 4.98 Å². The Labute approximate surface area is 143 Å². The molecule has 0 saturated carbocycles. The smallest absolute Gasteiger partial charge is 0.122 e. The van der Waals surface area contributed by atoms with Crippen LogP contribution in [0.25, 0.3) is 6.08 Å². The van der Waals surface area contributed by atoms with Crippen molar-refractivity contribution in [3.05, 3.63) is 59.7 Å². The maximum absolute atomic E-state index is 5.19. The maximum atomic E-state index is 5.19. The highest BCUT2D eigenvalue weighted by atomic mass is 16.5. The highest BCUT2D eigenvalue weighted by Gasteiger charge is 2.37. The van der Waals surface area contributed by atoms with E-state index < -0.39 is 0 Å². The third-order valence-electron chi connectivity index (χ3n) is 5.53. The first-order valence-electron chi connectivity index (χ1n) is 8.81. The molecule has 126 valence electrons. The Bertz CT molecular complexity index is 726. The lowest BCUT2D eigenvalue weighted by Crippen LogP contribution is -2.41. The summed E-state index contributed by atoms with van der Waals surface area (Å²) in [7, 11) is 1.74. The van der Waals surface area contributed by atoms with E-state index in [1.54, 1.807) is 7.11 Å². The zero-order valence-corrected chi connectivity index (χ0v) is 14.3. The Morgan fingerprint density at radius 3 is 2.88 bits per heavy atom. The molecule has 1 spiro atoms. The van der Waals surface area contributed by atoms with Gasteiger partial charge in [0.2, 0.25) is 0 Å². The minimum Gasteiger partial charge on any atom is -0.383 e. The van der Waals surface area contributed by atoms with Crippen LogP contribution < -0.4 is 0 Å². The molecular formula is C20H25N3O. The van der Waals surface area contributed by atoms with E-state index in [1.165, 1.54) is 24.0 Å². The van der Waals surface area contributed by atoms with Crippen LogP contribution in [0.2, 0.25) is 0 Å². The summed E-state index contributed by atoms with van der Waals surface area (Å²) in [6.45, 7) is 4.78. The standard InChI is InChI=1S/C20H25N3O/c1-24-15-14-23-13-10-21-19(23)16-22-11-8-20(9-12-22)7-6-17-4-2-3-5-18(17)20/h2-7,10,13H,8-9,11-12,14-16H2,1H3. The van der Waals surface area contributed by atoms with E-state index in [1.807, 2.05) is 6.20 Å². The van der Waals surface area contributed by atoms with Gasteiger partial charge in [-0.15, -0.1) is 0 Å². The van der Waals surface area contributed by atoms with Gasteiger partial charge in [-0.2, -0.15) is 0 Å². The monoisotopic (exact) mass is 323 g/mol. The fourth-order valence-electron chi connectivity index (χ4n) is 4.07. The average molecular weight is 323 g/mol. The molecule has 0 unspecified atom stereocenters. The first kappa shape index (κ1) is 15.6. The number of rotatable bonds is 5. The van der Waals surface area contributed by atoms with Crippen molar-refractivity contribution in [3.63, 3.8) is 0 Å². The van der Waals surface area contributed by atoms with Gasteiger partial charge in [0.05, 0.1) is 13.2 Å². The van der Waals surface area contributed by atoms with Crippen molar-refractivity contribution in [2.24, 2.45) is 0 Å². The molecule has 1 fully saturated rings. The van der Waals surface area contributed by atoms with Gasteiger partial charge in [-0.05, 0) is 37.1 Å². The molecular weight excluding hydrogens is 298 g/mol. The summed E-state index contributed by atoms with van der Waals surface area (Å²) in [4.78, 5) is 7.07. The topological polar surface area (TPSA) is 30.3 Å². The van der Waals surface area contributed by atoms with Crippen LogP contribution in [0, 0.1) is 0 Å². The molecule has 0 N–H and O–H groups in total. The molecule has 24 heavy (non-hydrogen) atoms. The fourth-order valence-corrected chi connectivity index (χ4v) is 4.07. The number of imidazole rings is 1. The molecule has 1 aliphatic carbocycles. The van der Waals surface area contributed by atoms with Crippen LogP contribution in [0.4, 0.5) is 0 Å². The molecule has 2 aliphatic rings. The number of hydrogen-bond donors (Lipinski definition) is 0. The van der Waals surface area contributed by atoms with Crippen molar-refractivity contribution in [1.29, 1.82) is 0 Å². The second kappa shape index (κ2) is 6.54.